The average molecular weight is 301 g/mol. The van der Waals surface area contributed by atoms with Crippen LogP contribution in [0.5, 0.6) is 0 Å². The van der Waals surface area contributed by atoms with Crippen molar-refractivity contribution < 1.29 is 13.9 Å². The summed E-state index contributed by atoms with van der Waals surface area (Å²) in [6, 6.07) is 4.14. The third-order valence-corrected chi connectivity index (χ3v) is 3.93. The fourth-order valence-corrected chi connectivity index (χ4v) is 2.53. The van der Waals surface area contributed by atoms with E-state index in [9.17, 15) is 9.18 Å². The number of carbonyl (C=O) groups excluding carboxylic acids is 1. The third kappa shape index (κ3) is 3.29. The molecule has 20 heavy (non-hydrogen) atoms. The molecular weight excluding hydrogens is 283 g/mol. The lowest BCUT2D eigenvalue weighted by molar-refractivity contribution is -0.139. The zero-order valence-corrected chi connectivity index (χ0v) is 12.1. The van der Waals surface area contributed by atoms with E-state index in [0.29, 0.717) is 43.2 Å². The Kier molecular flexibility index (Phi) is 4.62. The largest absolute Gasteiger partial charge is 0.381 e. The molecule has 0 spiro atoms. The summed E-state index contributed by atoms with van der Waals surface area (Å²) in [6.07, 6.45) is 1.01. The number of benzene rings is 1. The molecule has 1 amide bonds. The highest BCUT2D eigenvalue weighted by Crippen LogP contribution is 2.23. The summed E-state index contributed by atoms with van der Waals surface area (Å²) in [7, 11) is 1.67. The van der Waals surface area contributed by atoms with Crippen LogP contribution < -0.4 is 5.73 Å². The highest BCUT2D eigenvalue weighted by molar-refractivity contribution is 6.31. The van der Waals surface area contributed by atoms with E-state index in [-0.39, 0.29) is 5.91 Å². The fourth-order valence-electron chi connectivity index (χ4n) is 2.31. The lowest BCUT2D eigenvalue weighted by Crippen LogP contribution is -2.57. The number of nitrogens with two attached hydrogens (primary N) is 1. The fraction of sp³-hybridized carbons (Fsp3) is 0.500. The Bertz CT molecular complexity index is 504. The Morgan fingerprint density at radius 3 is 2.75 bits per heavy atom. The van der Waals surface area contributed by atoms with Crippen molar-refractivity contribution in [1.82, 2.24) is 4.90 Å². The maximum Gasteiger partial charge on any atom is 0.242 e. The number of ether oxygens (including phenoxy) is 1. The molecule has 4 nitrogen and oxygen atoms in total. The molecule has 2 rings (SSSR count). The van der Waals surface area contributed by atoms with Crippen LogP contribution in [0.4, 0.5) is 4.39 Å². The van der Waals surface area contributed by atoms with Crippen LogP contribution in [0.1, 0.15) is 18.4 Å². The van der Waals surface area contributed by atoms with Gasteiger partial charge in [0.1, 0.15) is 5.82 Å². The molecule has 1 aromatic rings. The second-order valence-corrected chi connectivity index (χ2v) is 5.57. The van der Waals surface area contributed by atoms with Crippen LogP contribution in [0.15, 0.2) is 18.2 Å². The van der Waals surface area contributed by atoms with Crippen molar-refractivity contribution in [1.29, 1.82) is 0 Å². The van der Waals surface area contributed by atoms with Gasteiger partial charge in [-0.3, -0.25) is 4.79 Å². The monoisotopic (exact) mass is 300 g/mol. The van der Waals surface area contributed by atoms with E-state index in [0.717, 1.165) is 0 Å². The second-order valence-electron chi connectivity index (χ2n) is 5.17. The molecule has 0 aliphatic carbocycles. The molecule has 6 heteroatoms. The van der Waals surface area contributed by atoms with Crippen molar-refractivity contribution in [2.75, 3.05) is 20.3 Å². The normalized spacial score (nSPS) is 17.8. The van der Waals surface area contributed by atoms with Crippen molar-refractivity contribution in [2.45, 2.75) is 24.9 Å². The Labute approximate surface area is 122 Å². The Morgan fingerprint density at radius 2 is 2.15 bits per heavy atom. The van der Waals surface area contributed by atoms with Crippen LogP contribution in [-0.2, 0) is 16.1 Å². The van der Waals surface area contributed by atoms with Gasteiger partial charge in [0, 0.05) is 31.8 Å². The quantitative estimate of drug-likeness (QED) is 0.928. The van der Waals surface area contributed by atoms with Gasteiger partial charge in [0.05, 0.1) is 5.54 Å². The van der Waals surface area contributed by atoms with Crippen molar-refractivity contribution >= 4 is 17.5 Å². The van der Waals surface area contributed by atoms with Gasteiger partial charge in [-0.2, -0.15) is 0 Å². The van der Waals surface area contributed by atoms with Gasteiger partial charge in [0.15, 0.2) is 0 Å². The first kappa shape index (κ1) is 15.2. The van der Waals surface area contributed by atoms with Crippen LogP contribution in [0, 0.1) is 5.82 Å². The van der Waals surface area contributed by atoms with Crippen molar-refractivity contribution in [2.24, 2.45) is 5.73 Å². The first-order valence-corrected chi connectivity index (χ1v) is 6.86. The summed E-state index contributed by atoms with van der Waals surface area (Å²) >= 11 is 5.97. The maximum atomic E-state index is 13.0. The SMILES string of the molecule is CN(Cc1ccc(F)cc1Cl)C(=O)C1(N)CCOCC1. The van der Waals surface area contributed by atoms with Crippen LogP contribution in [0.2, 0.25) is 5.02 Å². The highest BCUT2D eigenvalue weighted by Gasteiger charge is 2.37. The maximum absolute atomic E-state index is 13.0. The molecule has 0 saturated carbocycles. The summed E-state index contributed by atoms with van der Waals surface area (Å²) < 4.78 is 18.2. The van der Waals surface area contributed by atoms with Crippen molar-refractivity contribution in [3.05, 3.63) is 34.6 Å². The summed E-state index contributed by atoms with van der Waals surface area (Å²) in [4.78, 5) is 14.0. The molecule has 0 radical (unpaired) electrons. The van der Waals surface area contributed by atoms with Gasteiger partial charge < -0.3 is 15.4 Å². The van der Waals surface area contributed by atoms with Gasteiger partial charge in [0.25, 0.3) is 0 Å². The third-order valence-electron chi connectivity index (χ3n) is 3.58. The summed E-state index contributed by atoms with van der Waals surface area (Å²) in [6.45, 7) is 1.29. The lowest BCUT2D eigenvalue weighted by Gasteiger charge is -2.35. The molecule has 1 heterocycles. The van der Waals surface area contributed by atoms with Crippen LogP contribution >= 0.6 is 11.6 Å². The van der Waals surface area contributed by atoms with Crippen molar-refractivity contribution in [3.8, 4) is 0 Å². The Morgan fingerprint density at radius 1 is 1.50 bits per heavy atom. The topological polar surface area (TPSA) is 55.6 Å². The predicted molar refractivity (Wildman–Crippen MR) is 74.9 cm³/mol. The zero-order valence-electron chi connectivity index (χ0n) is 11.4. The molecule has 0 bridgehead atoms. The number of nitrogens with zero attached hydrogens (tertiary/aromatic N) is 1. The van der Waals surface area contributed by atoms with E-state index in [4.69, 9.17) is 22.1 Å². The molecule has 1 aromatic carbocycles. The minimum Gasteiger partial charge on any atom is -0.381 e. The molecule has 0 unspecified atom stereocenters. The molecule has 0 atom stereocenters. The van der Waals surface area contributed by atoms with Crippen LogP contribution in [0.25, 0.3) is 0 Å². The van der Waals surface area contributed by atoms with Crippen LogP contribution in [-0.4, -0.2) is 36.6 Å². The number of carbonyl (C=O) groups is 1. The number of amides is 1. The van der Waals surface area contributed by atoms with E-state index < -0.39 is 11.4 Å². The first-order chi connectivity index (χ1) is 9.42. The van der Waals surface area contributed by atoms with E-state index in [1.807, 2.05) is 0 Å². The van der Waals surface area contributed by atoms with Gasteiger partial charge >= 0.3 is 0 Å². The van der Waals surface area contributed by atoms with Gasteiger partial charge in [-0.25, -0.2) is 4.39 Å². The van der Waals surface area contributed by atoms with Crippen molar-refractivity contribution in [3.63, 3.8) is 0 Å². The van der Waals surface area contributed by atoms with E-state index in [1.165, 1.54) is 17.0 Å². The summed E-state index contributed by atoms with van der Waals surface area (Å²) in [5, 5.41) is 0.308. The molecule has 1 aliphatic rings. The average Bonchev–Trinajstić information content (AvgIpc) is 2.42. The molecule has 1 saturated heterocycles. The number of hydrogen-bond acceptors (Lipinski definition) is 3. The zero-order chi connectivity index (χ0) is 14.8. The number of halogens is 2. The van der Waals surface area contributed by atoms with Gasteiger partial charge in [-0.05, 0) is 30.5 Å². The molecule has 0 aromatic heterocycles. The molecule has 110 valence electrons. The lowest BCUT2D eigenvalue weighted by atomic mass is 9.89. The molecular formula is C14H18ClFN2O2. The summed E-state index contributed by atoms with van der Waals surface area (Å²) in [5.74, 6) is -0.534. The highest BCUT2D eigenvalue weighted by atomic mass is 35.5. The molecule has 1 aliphatic heterocycles. The minimum absolute atomic E-state index is 0.138. The standard InChI is InChI=1S/C14H18ClFN2O2/c1-18(9-10-2-3-11(16)8-12(10)15)13(19)14(17)4-6-20-7-5-14/h2-3,8H,4-7,9,17H2,1H3. The Hall–Kier alpha value is -1.17. The Balaban J connectivity index is 2.07. The molecule has 2 N–H and O–H groups in total. The second kappa shape index (κ2) is 6.08. The van der Waals surface area contributed by atoms with E-state index in [2.05, 4.69) is 0 Å². The van der Waals surface area contributed by atoms with E-state index >= 15 is 0 Å². The van der Waals surface area contributed by atoms with Gasteiger partial charge in [0.2, 0.25) is 5.91 Å². The smallest absolute Gasteiger partial charge is 0.242 e. The predicted octanol–water partition coefficient (Wildman–Crippen LogP) is 1.95. The summed E-state index contributed by atoms with van der Waals surface area (Å²) in [5.41, 5.74) is 5.97. The van der Waals surface area contributed by atoms with E-state index in [1.54, 1.807) is 13.1 Å². The number of likely N-dealkylation sites (N-methyl/N-ethyl adjacent to an activating group) is 1. The van der Waals surface area contributed by atoms with Crippen LogP contribution in [0.3, 0.4) is 0 Å². The van der Waals surface area contributed by atoms with Gasteiger partial charge in [-0.15, -0.1) is 0 Å². The number of hydrogen-bond donors (Lipinski definition) is 1. The first-order valence-electron chi connectivity index (χ1n) is 6.48. The molecule has 1 fully saturated rings. The number of rotatable bonds is 3. The van der Waals surface area contributed by atoms with Gasteiger partial charge in [-0.1, -0.05) is 17.7 Å². The minimum atomic E-state index is -0.875.